The van der Waals surface area contributed by atoms with Crippen molar-refractivity contribution in [1.29, 1.82) is 0 Å². The van der Waals surface area contributed by atoms with Crippen LogP contribution in [0.5, 0.6) is 5.75 Å². The standard InChI is InChI=1S/C22H23NO3S/c1-18(2)26-21-13-15-22(16-14-21)27(24,25)23(20-11-7-4-8-12-20)17-19-9-5-3-6-10-19/h3-16,18H,17H2,1-2H3. The van der Waals surface area contributed by atoms with Crippen LogP contribution in [0.2, 0.25) is 0 Å². The second kappa shape index (κ2) is 8.27. The average molecular weight is 381 g/mol. The lowest BCUT2D eigenvalue weighted by Crippen LogP contribution is -2.30. The molecule has 4 nitrogen and oxygen atoms in total. The van der Waals surface area contributed by atoms with Gasteiger partial charge in [-0.1, -0.05) is 48.5 Å². The van der Waals surface area contributed by atoms with E-state index in [0.717, 1.165) is 5.56 Å². The zero-order chi connectivity index (χ0) is 19.3. The Kier molecular flexibility index (Phi) is 5.81. The molecule has 5 heteroatoms. The van der Waals surface area contributed by atoms with Crippen LogP contribution in [0, 0.1) is 0 Å². The summed E-state index contributed by atoms with van der Waals surface area (Å²) in [4.78, 5) is 0.235. The fraction of sp³-hybridized carbons (Fsp3) is 0.182. The first-order chi connectivity index (χ1) is 13.0. The van der Waals surface area contributed by atoms with Crippen LogP contribution in [0.15, 0.2) is 89.8 Å². The van der Waals surface area contributed by atoms with Crippen LogP contribution in [0.4, 0.5) is 5.69 Å². The number of anilines is 1. The molecule has 0 unspecified atom stereocenters. The van der Waals surface area contributed by atoms with Crippen LogP contribution < -0.4 is 9.04 Å². The highest BCUT2D eigenvalue weighted by Crippen LogP contribution is 2.27. The maximum Gasteiger partial charge on any atom is 0.264 e. The van der Waals surface area contributed by atoms with Crippen molar-refractivity contribution in [2.75, 3.05) is 4.31 Å². The first kappa shape index (κ1) is 19.0. The number of benzene rings is 3. The highest BCUT2D eigenvalue weighted by atomic mass is 32.2. The molecule has 0 saturated heterocycles. The summed E-state index contributed by atoms with van der Waals surface area (Å²) >= 11 is 0. The molecule has 0 aromatic heterocycles. The molecule has 0 saturated carbocycles. The number of hydrogen-bond donors (Lipinski definition) is 0. The lowest BCUT2D eigenvalue weighted by atomic mass is 10.2. The quantitative estimate of drug-likeness (QED) is 0.587. The topological polar surface area (TPSA) is 46.6 Å². The van der Waals surface area contributed by atoms with E-state index in [4.69, 9.17) is 4.74 Å². The third-order valence-electron chi connectivity index (χ3n) is 4.00. The number of rotatable bonds is 7. The number of nitrogens with zero attached hydrogens (tertiary/aromatic N) is 1. The fourth-order valence-corrected chi connectivity index (χ4v) is 4.20. The molecule has 140 valence electrons. The molecular weight excluding hydrogens is 358 g/mol. The Balaban J connectivity index is 1.97. The van der Waals surface area contributed by atoms with Crippen LogP contribution in [0.1, 0.15) is 19.4 Å². The van der Waals surface area contributed by atoms with Gasteiger partial charge in [-0.2, -0.15) is 0 Å². The Labute approximate surface area is 161 Å². The average Bonchev–Trinajstić information content (AvgIpc) is 2.67. The summed E-state index contributed by atoms with van der Waals surface area (Å²) in [5.74, 6) is 0.651. The van der Waals surface area contributed by atoms with Gasteiger partial charge in [-0.3, -0.25) is 4.31 Å². The van der Waals surface area contributed by atoms with Crippen LogP contribution >= 0.6 is 0 Å². The van der Waals surface area contributed by atoms with E-state index in [-0.39, 0.29) is 17.5 Å². The normalized spacial score (nSPS) is 11.4. The fourth-order valence-electron chi connectivity index (χ4n) is 2.75. The number of sulfonamides is 1. The SMILES string of the molecule is CC(C)Oc1ccc(S(=O)(=O)N(Cc2ccccc2)c2ccccc2)cc1. The van der Waals surface area contributed by atoms with Crippen LogP contribution in [0.25, 0.3) is 0 Å². The largest absolute Gasteiger partial charge is 0.491 e. The Morgan fingerprint density at radius 2 is 1.37 bits per heavy atom. The van der Waals surface area contributed by atoms with E-state index < -0.39 is 10.0 Å². The van der Waals surface area contributed by atoms with Gasteiger partial charge >= 0.3 is 0 Å². The van der Waals surface area contributed by atoms with Crippen molar-refractivity contribution in [2.45, 2.75) is 31.4 Å². The monoisotopic (exact) mass is 381 g/mol. The van der Waals surface area contributed by atoms with E-state index in [1.807, 2.05) is 62.4 Å². The van der Waals surface area contributed by atoms with E-state index in [2.05, 4.69) is 0 Å². The first-order valence-electron chi connectivity index (χ1n) is 8.85. The molecule has 0 aliphatic rings. The minimum absolute atomic E-state index is 0.0337. The number of para-hydroxylation sites is 1. The smallest absolute Gasteiger partial charge is 0.264 e. The molecule has 0 aliphatic carbocycles. The molecule has 0 atom stereocenters. The van der Waals surface area contributed by atoms with Crippen molar-refractivity contribution in [1.82, 2.24) is 0 Å². The summed E-state index contributed by atoms with van der Waals surface area (Å²) in [6.07, 6.45) is 0.0337. The molecule has 0 fully saturated rings. The van der Waals surface area contributed by atoms with Crippen LogP contribution in [-0.2, 0) is 16.6 Å². The molecule has 3 aromatic rings. The van der Waals surface area contributed by atoms with Gasteiger partial charge in [0.2, 0.25) is 0 Å². The highest BCUT2D eigenvalue weighted by Gasteiger charge is 2.25. The van der Waals surface area contributed by atoms with Gasteiger partial charge in [-0.25, -0.2) is 8.42 Å². The Morgan fingerprint density at radius 3 is 1.93 bits per heavy atom. The minimum Gasteiger partial charge on any atom is -0.491 e. The van der Waals surface area contributed by atoms with Crippen LogP contribution in [-0.4, -0.2) is 14.5 Å². The molecule has 0 aliphatic heterocycles. The molecule has 0 bridgehead atoms. The van der Waals surface area contributed by atoms with Crippen molar-refractivity contribution < 1.29 is 13.2 Å². The van der Waals surface area contributed by atoms with Gasteiger partial charge in [0.25, 0.3) is 10.0 Å². The van der Waals surface area contributed by atoms with E-state index in [0.29, 0.717) is 11.4 Å². The third kappa shape index (κ3) is 4.68. The third-order valence-corrected chi connectivity index (χ3v) is 5.78. The maximum absolute atomic E-state index is 13.4. The number of ether oxygens (including phenoxy) is 1. The van der Waals surface area contributed by atoms with Gasteiger partial charge in [0.15, 0.2) is 0 Å². The van der Waals surface area contributed by atoms with Crippen molar-refractivity contribution >= 4 is 15.7 Å². The highest BCUT2D eigenvalue weighted by molar-refractivity contribution is 7.92. The molecule has 0 heterocycles. The second-order valence-corrected chi connectivity index (χ2v) is 8.33. The Bertz CT molecular complexity index is 953. The first-order valence-corrected chi connectivity index (χ1v) is 10.3. The van der Waals surface area contributed by atoms with Gasteiger partial charge in [0.1, 0.15) is 5.75 Å². The molecular formula is C22H23NO3S. The summed E-state index contributed by atoms with van der Waals surface area (Å²) in [7, 11) is -3.72. The molecule has 0 radical (unpaired) electrons. The van der Waals surface area contributed by atoms with Crippen molar-refractivity contribution in [3.8, 4) is 5.75 Å². The molecule has 27 heavy (non-hydrogen) atoms. The lowest BCUT2D eigenvalue weighted by Gasteiger charge is -2.25. The van der Waals surface area contributed by atoms with E-state index in [1.165, 1.54) is 4.31 Å². The predicted molar refractivity (Wildman–Crippen MR) is 108 cm³/mol. The molecule has 0 spiro atoms. The van der Waals surface area contributed by atoms with Crippen molar-refractivity contribution in [2.24, 2.45) is 0 Å². The number of hydrogen-bond acceptors (Lipinski definition) is 3. The Morgan fingerprint density at radius 1 is 0.815 bits per heavy atom. The van der Waals surface area contributed by atoms with E-state index in [1.54, 1.807) is 36.4 Å². The van der Waals surface area contributed by atoms with Crippen LogP contribution in [0.3, 0.4) is 0 Å². The molecule has 3 aromatic carbocycles. The zero-order valence-corrected chi connectivity index (χ0v) is 16.3. The summed E-state index contributed by atoms with van der Waals surface area (Å²) in [5.41, 5.74) is 1.55. The van der Waals surface area contributed by atoms with E-state index in [9.17, 15) is 8.42 Å². The lowest BCUT2D eigenvalue weighted by molar-refractivity contribution is 0.242. The van der Waals surface area contributed by atoms with Crippen molar-refractivity contribution in [3.05, 3.63) is 90.5 Å². The predicted octanol–water partition coefficient (Wildman–Crippen LogP) is 4.87. The molecule has 0 N–H and O–H groups in total. The molecule has 3 rings (SSSR count). The summed E-state index contributed by atoms with van der Waals surface area (Å²) < 4.78 is 33.8. The molecule has 0 amide bonds. The zero-order valence-electron chi connectivity index (χ0n) is 15.4. The van der Waals surface area contributed by atoms with Gasteiger partial charge < -0.3 is 4.74 Å². The Hall–Kier alpha value is -2.79. The minimum atomic E-state index is -3.72. The van der Waals surface area contributed by atoms with Gasteiger partial charge in [0.05, 0.1) is 23.2 Å². The second-order valence-electron chi connectivity index (χ2n) is 6.47. The van der Waals surface area contributed by atoms with Crippen molar-refractivity contribution in [3.63, 3.8) is 0 Å². The van der Waals surface area contributed by atoms with Gasteiger partial charge in [-0.15, -0.1) is 0 Å². The van der Waals surface area contributed by atoms with E-state index >= 15 is 0 Å². The summed E-state index contributed by atoms with van der Waals surface area (Å²) in [6.45, 7) is 4.13. The summed E-state index contributed by atoms with van der Waals surface area (Å²) in [6, 6.07) is 25.3. The van der Waals surface area contributed by atoms with Gasteiger partial charge in [0, 0.05) is 0 Å². The summed E-state index contributed by atoms with van der Waals surface area (Å²) in [5, 5.41) is 0. The maximum atomic E-state index is 13.4. The van der Waals surface area contributed by atoms with Gasteiger partial charge in [-0.05, 0) is 55.8 Å².